The Balaban J connectivity index is 4.25. The van der Waals surface area contributed by atoms with Crippen LogP contribution in [0, 0.1) is 0 Å². The van der Waals surface area contributed by atoms with Crippen LogP contribution in [0.1, 0.15) is 33.6 Å². The third-order valence-corrected chi connectivity index (χ3v) is 2.16. The standard InChI is InChI=1S/C14H25NO5/c1-6-7-8-9-19-10-11(12(16)18-5)15-13(17)20-14(2,3)4/h6,11H,1,7-10H2,2-5H3,(H,15,17)/t11-/m1/s1. The number of unbranched alkanes of at least 4 members (excludes halogenated alkanes) is 1. The molecule has 0 saturated heterocycles. The second kappa shape index (κ2) is 9.36. The lowest BCUT2D eigenvalue weighted by molar-refractivity contribution is -0.144. The molecule has 1 amide bonds. The van der Waals surface area contributed by atoms with Crippen molar-refractivity contribution in [2.75, 3.05) is 20.3 Å². The molecule has 0 saturated carbocycles. The third kappa shape index (κ3) is 9.38. The number of allylic oxidation sites excluding steroid dienone is 1. The minimum Gasteiger partial charge on any atom is -0.467 e. The number of carbonyl (C=O) groups excluding carboxylic acids is 2. The van der Waals surface area contributed by atoms with Crippen molar-refractivity contribution in [2.45, 2.75) is 45.3 Å². The van der Waals surface area contributed by atoms with Crippen molar-refractivity contribution in [3.63, 3.8) is 0 Å². The molecule has 116 valence electrons. The normalized spacial score (nSPS) is 12.4. The van der Waals surface area contributed by atoms with Crippen LogP contribution in [0.25, 0.3) is 0 Å². The van der Waals surface area contributed by atoms with Crippen molar-refractivity contribution < 1.29 is 23.8 Å². The summed E-state index contributed by atoms with van der Waals surface area (Å²) in [6, 6.07) is -0.876. The smallest absolute Gasteiger partial charge is 0.408 e. The van der Waals surface area contributed by atoms with Gasteiger partial charge in [0.1, 0.15) is 5.60 Å². The number of rotatable bonds is 8. The van der Waals surface area contributed by atoms with Gasteiger partial charge in [-0.1, -0.05) is 6.08 Å². The number of hydrogen-bond donors (Lipinski definition) is 1. The SMILES string of the molecule is C=CCCCOC[C@@H](NC(=O)OC(C)(C)C)C(=O)OC. The van der Waals surface area contributed by atoms with Gasteiger partial charge in [0, 0.05) is 6.61 Å². The van der Waals surface area contributed by atoms with E-state index in [2.05, 4.69) is 16.6 Å². The van der Waals surface area contributed by atoms with Crippen LogP contribution in [0.2, 0.25) is 0 Å². The number of ether oxygens (including phenoxy) is 3. The maximum atomic E-state index is 11.6. The molecule has 0 aromatic carbocycles. The lowest BCUT2D eigenvalue weighted by Crippen LogP contribution is -2.46. The minimum atomic E-state index is -0.876. The average molecular weight is 287 g/mol. The van der Waals surface area contributed by atoms with E-state index >= 15 is 0 Å². The Morgan fingerprint density at radius 3 is 2.50 bits per heavy atom. The first-order valence-electron chi connectivity index (χ1n) is 6.56. The van der Waals surface area contributed by atoms with E-state index < -0.39 is 23.7 Å². The molecule has 1 atom stereocenters. The fourth-order valence-corrected chi connectivity index (χ4v) is 1.29. The number of methoxy groups -OCH3 is 1. The summed E-state index contributed by atoms with van der Waals surface area (Å²) in [7, 11) is 1.25. The van der Waals surface area contributed by atoms with Gasteiger partial charge in [0.25, 0.3) is 0 Å². The Bertz CT molecular complexity index is 322. The molecule has 0 fully saturated rings. The summed E-state index contributed by atoms with van der Waals surface area (Å²) < 4.78 is 15.0. The number of hydrogen-bond acceptors (Lipinski definition) is 5. The van der Waals surface area contributed by atoms with Crippen molar-refractivity contribution >= 4 is 12.1 Å². The zero-order valence-corrected chi connectivity index (χ0v) is 12.7. The summed E-state index contributed by atoms with van der Waals surface area (Å²) >= 11 is 0. The molecule has 0 aromatic rings. The minimum absolute atomic E-state index is 0.0447. The lowest BCUT2D eigenvalue weighted by atomic mass is 10.2. The summed E-state index contributed by atoms with van der Waals surface area (Å²) in [6.45, 7) is 9.36. The second-order valence-electron chi connectivity index (χ2n) is 5.23. The molecule has 0 heterocycles. The van der Waals surface area contributed by atoms with Gasteiger partial charge in [-0.05, 0) is 33.6 Å². The van der Waals surface area contributed by atoms with Crippen molar-refractivity contribution in [1.29, 1.82) is 0 Å². The molecule has 0 radical (unpaired) electrons. The number of carbonyl (C=O) groups is 2. The van der Waals surface area contributed by atoms with Crippen LogP contribution in [0.15, 0.2) is 12.7 Å². The van der Waals surface area contributed by atoms with E-state index in [4.69, 9.17) is 9.47 Å². The van der Waals surface area contributed by atoms with Crippen LogP contribution in [0.4, 0.5) is 4.79 Å². The molecule has 0 bridgehead atoms. The Morgan fingerprint density at radius 1 is 1.35 bits per heavy atom. The molecule has 0 aliphatic heterocycles. The highest BCUT2D eigenvalue weighted by atomic mass is 16.6. The number of amides is 1. The van der Waals surface area contributed by atoms with E-state index in [0.717, 1.165) is 12.8 Å². The lowest BCUT2D eigenvalue weighted by Gasteiger charge is -2.22. The molecule has 0 aromatic heterocycles. The molecule has 0 unspecified atom stereocenters. The van der Waals surface area contributed by atoms with Gasteiger partial charge in [-0.15, -0.1) is 6.58 Å². The van der Waals surface area contributed by atoms with E-state index in [9.17, 15) is 9.59 Å². The highest BCUT2D eigenvalue weighted by Gasteiger charge is 2.25. The van der Waals surface area contributed by atoms with E-state index in [0.29, 0.717) is 6.61 Å². The van der Waals surface area contributed by atoms with E-state index in [-0.39, 0.29) is 6.61 Å². The maximum Gasteiger partial charge on any atom is 0.408 e. The van der Waals surface area contributed by atoms with E-state index in [1.54, 1.807) is 26.8 Å². The van der Waals surface area contributed by atoms with Crippen molar-refractivity contribution in [3.8, 4) is 0 Å². The van der Waals surface area contributed by atoms with Gasteiger partial charge < -0.3 is 19.5 Å². The van der Waals surface area contributed by atoms with Crippen LogP contribution in [0.5, 0.6) is 0 Å². The molecular weight excluding hydrogens is 262 g/mol. The Morgan fingerprint density at radius 2 is 2.00 bits per heavy atom. The summed E-state index contributed by atoms with van der Waals surface area (Å²) in [5.41, 5.74) is -0.629. The predicted octanol–water partition coefficient (Wildman–Crippen LogP) is 2.04. The second-order valence-corrected chi connectivity index (χ2v) is 5.23. The van der Waals surface area contributed by atoms with Crippen molar-refractivity contribution in [1.82, 2.24) is 5.32 Å². The predicted molar refractivity (Wildman–Crippen MR) is 75.4 cm³/mol. The van der Waals surface area contributed by atoms with Gasteiger partial charge in [0.05, 0.1) is 13.7 Å². The summed E-state index contributed by atoms with van der Waals surface area (Å²) in [6.07, 6.45) is 2.76. The summed E-state index contributed by atoms with van der Waals surface area (Å²) in [5.74, 6) is -0.570. The Hall–Kier alpha value is -1.56. The van der Waals surface area contributed by atoms with Gasteiger partial charge in [-0.25, -0.2) is 9.59 Å². The van der Waals surface area contributed by atoms with E-state index in [1.165, 1.54) is 7.11 Å². The zero-order valence-electron chi connectivity index (χ0n) is 12.7. The quantitative estimate of drug-likeness (QED) is 0.420. The first-order valence-corrected chi connectivity index (χ1v) is 6.56. The Kier molecular flexibility index (Phi) is 8.63. The maximum absolute atomic E-state index is 11.6. The topological polar surface area (TPSA) is 73.9 Å². The van der Waals surface area contributed by atoms with Crippen molar-refractivity contribution in [2.24, 2.45) is 0 Å². The molecule has 0 spiro atoms. The van der Waals surface area contributed by atoms with Crippen molar-refractivity contribution in [3.05, 3.63) is 12.7 Å². The highest BCUT2D eigenvalue weighted by molar-refractivity contribution is 5.81. The van der Waals surface area contributed by atoms with Crippen LogP contribution in [-0.2, 0) is 19.0 Å². The van der Waals surface area contributed by atoms with Crippen LogP contribution >= 0.6 is 0 Å². The molecule has 6 heteroatoms. The van der Waals surface area contributed by atoms with Crippen LogP contribution < -0.4 is 5.32 Å². The molecule has 1 N–H and O–H groups in total. The van der Waals surface area contributed by atoms with Gasteiger partial charge in [0.2, 0.25) is 0 Å². The van der Waals surface area contributed by atoms with Gasteiger partial charge >= 0.3 is 12.1 Å². The first-order chi connectivity index (χ1) is 9.30. The molecule has 6 nitrogen and oxygen atoms in total. The fourth-order valence-electron chi connectivity index (χ4n) is 1.29. The monoisotopic (exact) mass is 287 g/mol. The van der Waals surface area contributed by atoms with Gasteiger partial charge in [-0.2, -0.15) is 0 Å². The third-order valence-electron chi connectivity index (χ3n) is 2.16. The number of nitrogens with one attached hydrogen (secondary N) is 1. The van der Waals surface area contributed by atoms with Crippen LogP contribution in [-0.4, -0.2) is 44.0 Å². The van der Waals surface area contributed by atoms with Gasteiger partial charge in [0.15, 0.2) is 6.04 Å². The first kappa shape index (κ1) is 18.4. The van der Waals surface area contributed by atoms with Gasteiger partial charge in [-0.3, -0.25) is 0 Å². The number of esters is 1. The number of alkyl carbamates (subject to hydrolysis) is 1. The molecule has 0 rings (SSSR count). The van der Waals surface area contributed by atoms with E-state index in [1.807, 2.05) is 0 Å². The average Bonchev–Trinajstić information content (AvgIpc) is 2.34. The molecule has 0 aliphatic rings. The highest BCUT2D eigenvalue weighted by Crippen LogP contribution is 2.07. The molecular formula is C14H25NO5. The Labute approximate surface area is 120 Å². The molecule has 20 heavy (non-hydrogen) atoms. The largest absolute Gasteiger partial charge is 0.467 e. The van der Waals surface area contributed by atoms with Crippen LogP contribution in [0.3, 0.4) is 0 Å². The fraction of sp³-hybridized carbons (Fsp3) is 0.714. The summed E-state index contributed by atoms with van der Waals surface area (Å²) in [5, 5.41) is 2.43. The zero-order chi connectivity index (χ0) is 15.6. The summed E-state index contributed by atoms with van der Waals surface area (Å²) in [4.78, 5) is 23.2. The molecule has 0 aliphatic carbocycles.